The van der Waals surface area contributed by atoms with Crippen molar-refractivity contribution < 1.29 is 53.9 Å². The number of nitrogen functional groups attached to an aromatic ring is 1. The maximum absolute atomic E-state index is 13.3. The molecule has 0 unspecified atom stereocenters. The summed E-state index contributed by atoms with van der Waals surface area (Å²) in [6, 6.07) is 3.36. The number of aliphatic hydroxyl groups is 1. The number of rotatable bonds is 5. The molecule has 0 spiro atoms. The van der Waals surface area contributed by atoms with E-state index in [1.54, 1.807) is 0 Å². The summed E-state index contributed by atoms with van der Waals surface area (Å²) in [5.74, 6) is -3.28. The molecule has 3 fully saturated rings. The number of aliphatic hydroxyl groups excluding tert-OH is 1. The van der Waals surface area contributed by atoms with Crippen molar-refractivity contribution in [2.45, 2.75) is 48.9 Å². The van der Waals surface area contributed by atoms with Crippen LogP contribution in [0.15, 0.2) is 35.5 Å². The van der Waals surface area contributed by atoms with Crippen LogP contribution in [0, 0.1) is 12.3 Å². The lowest BCUT2D eigenvalue weighted by molar-refractivity contribution is -0.192. The first-order valence-corrected chi connectivity index (χ1v) is 12.3. The topological polar surface area (TPSA) is 160 Å². The number of aryl methyl sites for hydroxylation is 1. The van der Waals surface area contributed by atoms with E-state index in [2.05, 4.69) is 14.7 Å². The van der Waals surface area contributed by atoms with Crippen LogP contribution >= 0.6 is 0 Å². The van der Waals surface area contributed by atoms with E-state index >= 15 is 0 Å². The van der Waals surface area contributed by atoms with Crippen molar-refractivity contribution in [3.05, 3.63) is 41.9 Å². The number of anilines is 1. The molecule has 212 valence electrons. The number of sulfonamides is 1. The van der Waals surface area contributed by atoms with Crippen LogP contribution in [0.2, 0.25) is 0 Å². The Balaban J connectivity index is 0.000000517. The Morgan fingerprint density at radius 2 is 1.85 bits per heavy atom. The van der Waals surface area contributed by atoms with Crippen LogP contribution in [-0.4, -0.2) is 57.3 Å². The Bertz CT molecular complexity index is 1650. The SMILES string of the molecule is O=C(O)C(F)(F)F.[2H]C([2H])([2H])c1ccc(S(=O)(=O)NC23CC(CO)(C2)C3)cc1-c1cnc2c(N)nc(C(F)(F)F)cn12. The summed E-state index contributed by atoms with van der Waals surface area (Å²) >= 11 is 0. The van der Waals surface area contributed by atoms with Gasteiger partial charge in [-0.3, -0.25) is 4.40 Å². The van der Waals surface area contributed by atoms with Crippen molar-refractivity contribution in [3.63, 3.8) is 0 Å². The average Bonchev–Trinajstić information content (AvgIpc) is 3.23. The standard InChI is InChI=1S/C20H20F3N5O3S.C2HF3O2/c1-11-2-3-12(32(30,31)27-19-7-18(8-19,9-19)10-29)4-13(11)14-5-25-17-16(24)26-15(6-28(14)17)20(21,22)23;3-2(4,5)1(6)7/h2-6,27,29H,7-10H2,1H3,(H2,24,26);(H,6,7)/i1D3;. The first-order valence-electron chi connectivity index (χ1n) is 12.3. The van der Waals surface area contributed by atoms with Gasteiger partial charge in [0.2, 0.25) is 10.0 Å². The summed E-state index contributed by atoms with van der Waals surface area (Å²) < 4.78 is 125. The van der Waals surface area contributed by atoms with E-state index in [9.17, 15) is 39.9 Å². The van der Waals surface area contributed by atoms with Gasteiger partial charge < -0.3 is 15.9 Å². The second kappa shape index (κ2) is 9.06. The third-order valence-corrected chi connectivity index (χ3v) is 8.03. The van der Waals surface area contributed by atoms with Crippen molar-refractivity contribution in [2.24, 2.45) is 5.41 Å². The number of carboxylic acids is 1. The van der Waals surface area contributed by atoms with Crippen molar-refractivity contribution in [3.8, 4) is 11.3 Å². The minimum Gasteiger partial charge on any atom is -0.475 e. The molecule has 3 aromatic rings. The summed E-state index contributed by atoms with van der Waals surface area (Å²) in [5.41, 5.74) is 2.80. The van der Waals surface area contributed by atoms with Gasteiger partial charge in [0.05, 0.1) is 16.8 Å². The number of hydrogen-bond donors (Lipinski definition) is 4. The zero-order chi connectivity index (χ0) is 31.7. The number of aromatic nitrogens is 3. The molecule has 10 nitrogen and oxygen atoms in total. The molecule has 0 amide bonds. The smallest absolute Gasteiger partial charge is 0.475 e. The predicted molar refractivity (Wildman–Crippen MR) is 123 cm³/mol. The number of halogens is 6. The number of carboxylic acid groups (broad SMARTS) is 1. The number of hydrogen-bond acceptors (Lipinski definition) is 7. The summed E-state index contributed by atoms with van der Waals surface area (Å²) in [5, 5.41) is 16.5. The second-order valence-electron chi connectivity index (χ2n) is 9.43. The van der Waals surface area contributed by atoms with Crippen LogP contribution in [0.5, 0.6) is 0 Å². The highest BCUT2D eigenvalue weighted by Crippen LogP contribution is 2.67. The molecule has 3 saturated carbocycles. The Hall–Kier alpha value is -3.44. The Labute approximate surface area is 220 Å². The monoisotopic (exact) mass is 584 g/mol. The molecule has 0 aliphatic heterocycles. The van der Waals surface area contributed by atoms with E-state index < -0.39 is 52.2 Å². The maximum Gasteiger partial charge on any atom is 0.490 e. The number of nitrogens with one attached hydrogen (secondary N) is 1. The third-order valence-electron chi connectivity index (χ3n) is 6.45. The molecule has 3 aliphatic carbocycles. The molecule has 5 N–H and O–H groups in total. The van der Waals surface area contributed by atoms with Gasteiger partial charge in [-0.2, -0.15) is 26.3 Å². The van der Waals surface area contributed by atoms with Crippen molar-refractivity contribution in [2.75, 3.05) is 12.3 Å². The summed E-state index contributed by atoms with van der Waals surface area (Å²) in [6.07, 6.45) is -6.68. The fourth-order valence-electron chi connectivity index (χ4n) is 4.87. The number of benzene rings is 1. The lowest BCUT2D eigenvalue weighted by Gasteiger charge is -2.69. The molecule has 2 heterocycles. The molecule has 17 heteroatoms. The fourth-order valence-corrected chi connectivity index (χ4v) is 6.29. The molecular weight excluding hydrogens is 560 g/mol. The minimum atomic E-state index is -5.08. The molecule has 2 aromatic heterocycles. The Kier molecular flexibility index (Phi) is 5.71. The molecule has 0 atom stereocenters. The zero-order valence-electron chi connectivity index (χ0n) is 22.4. The van der Waals surface area contributed by atoms with E-state index in [-0.39, 0.29) is 39.4 Å². The number of alkyl halides is 6. The lowest BCUT2D eigenvalue weighted by Crippen LogP contribution is -2.75. The first-order chi connectivity index (χ1) is 19.0. The van der Waals surface area contributed by atoms with E-state index in [0.717, 1.165) is 28.8 Å². The van der Waals surface area contributed by atoms with Gasteiger partial charge >= 0.3 is 18.3 Å². The Morgan fingerprint density at radius 3 is 2.36 bits per heavy atom. The maximum atomic E-state index is 13.3. The largest absolute Gasteiger partial charge is 0.490 e. The molecule has 3 aliphatic rings. The van der Waals surface area contributed by atoms with Gasteiger partial charge in [0.25, 0.3) is 0 Å². The van der Waals surface area contributed by atoms with Crippen LogP contribution < -0.4 is 10.5 Å². The van der Waals surface area contributed by atoms with E-state index in [1.807, 2.05) is 0 Å². The highest BCUT2D eigenvalue weighted by molar-refractivity contribution is 7.89. The van der Waals surface area contributed by atoms with E-state index in [4.69, 9.17) is 19.7 Å². The van der Waals surface area contributed by atoms with Crippen LogP contribution in [-0.2, 0) is 21.0 Å². The van der Waals surface area contributed by atoms with Crippen LogP contribution in [0.3, 0.4) is 0 Å². The highest BCUT2D eigenvalue weighted by atomic mass is 32.2. The average molecular weight is 585 g/mol. The first kappa shape index (κ1) is 24.6. The molecule has 39 heavy (non-hydrogen) atoms. The van der Waals surface area contributed by atoms with E-state index in [1.165, 1.54) is 0 Å². The van der Waals surface area contributed by atoms with Gasteiger partial charge in [-0.05, 0) is 49.2 Å². The minimum absolute atomic E-state index is 0.0277. The van der Waals surface area contributed by atoms with Gasteiger partial charge in [0, 0.05) is 28.0 Å². The molecule has 0 radical (unpaired) electrons. The van der Waals surface area contributed by atoms with Gasteiger partial charge in [-0.25, -0.2) is 27.9 Å². The van der Waals surface area contributed by atoms with Gasteiger partial charge in [0.1, 0.15) is 0 Å². The molecule has 0 saturated heterocycles. The highest BCUT2D eigenvalue weighted by Gasteiger charge is 2.68. The molecule has 2 bridgehead atoms. The number of fused-ring (bicyclic) bond motifs is 1. The Morgan fingerprint density at radius 1 is 1.23 bits per heavy atom. The number of nitrogens with zero attached hydrogens (tertiary/aromatic N) is 3. The number of aliphatic carboxylic acids is 1. The molecular formula is C22H21F6N5O5S. The molecule has 6 rings (SSSR count). The van der Waals surface area contributed by atoms with Crippen LogP contribution in [0.4, 0.5) is 32.2 Å². The normalized spacial score (nSPS) is 23.9. The quantitative estimate of drug-likeness (QED) is 0.333. The number of imidazole rings is 1. The van der Waals surface area contributed by atoms with Crippen molar-refractivity contribution >= 4 is 27.5 Å². The van der Waals surface area contributed by atoms with Gasteiger partial charge in [-0.15, -0.1) is 0 Å². The van der Waals surface area contributed by atoms with Crippen molar-refractivity contribution in [1.82, 2.24) is 19.1 Å². The second-order valence-corrected chi connectivity index (χ2v) is 11.1. The summed E-state index contributed by atoms with van der Waals surface area (Å²) in [6.45, 7) is -2.73. The molecule has 1 aromatic carbocycles. The van der Waals surface area contributed by atoms with E-state index in [0.29, 0.717) is 25.5 Å². The predicted octanol–water partition coefficient (Wildman–Crippen LogP) is 3.13. The zero-order valence-corrected chi connectivity index (χ0v) is 20.2. The number of carbonyl (C=O) groups is 1. The van der Waals surface area contributed by atoms with Gasteiger partial charge in [-0.1, -0.05) is 6.07 Å². The van der Waals surface area contributed by atoms with Gasteiger partial charge in [0.15, 0.2) is 17.2 Å². The lowest BCUT2D eigenvalue weighted by atomic mass is 9.40. The van der Waals surface area contributed by atoms with Crippen LogP contribution in [0.25, 0.3) is 16.9 Å². The summed E-state index contributed by atoms with van der Waals surface area (Å²) in [7, 11) is -4.11. The number of nitrogens with two attached hydrogens (primary N) is 1. The van der Waals surface area contributed by atoms with Crippen molar-refractivity contribution in [1.29, 1.82) is 0 Å². The summed E-state index contributed by atoms with van der Waals surface area (Å²) in [4.78, 5) is 15.9. The fraction of sp³-hybridized carbons (Fsp3) is 0.409. The van der Waals surface area contributed by atoms with Crippen LogP contribution in [0.1, 0.15) is 34.6 Å². The third kappa shape index (κ3) is 5.25.